The molecule has 1 saturated heterocycles. The summed E-state index contributed by atoms with van der Waals surface area (Å²) in [6, 6.07) is 5.70. The first-order valence-electron chi connectivity index (χ1n) is 9.30. The molecule has 1 aliphatic carbocycles. The fourth-order valence-electron chi connectivity index (χ4n) is 3.43. The Morgan fingerprint density at radius 3 is 2.63 bits per heavy atom. The number of hydrogen-bond donors (Lipinski definition) is 1. The molecular weight excluding hydrogens is 367 g/mol. The van der Waals surface area contributed by atoms with Crippen LogP contribution in [0.4, 0.5) is 9.18 Å². The van der Waals surface area contributed by atoms with E-state index in [1.54, 1.807) is 18.2 Å². The van der Waals surface area contributed by atoms with E-state index in [4.69, 9.17) is 0 Å². The van der Waals surface area contributed by atoms with Gasteiger partial charge in [-0.1, -0.05) is 37.8 Å². The van der Waals surface area contributed by atoms with E-state index in [1.807, 2.05) is 0 Å². The van der Waals surface area contributed by atoms with Gasteiger partial charge >= 0.3 is 0 Å². The Hall–Kier alpha value is -2.15. The Labute approximate surface area is 162 Å². The summed E-state index contributed by atoms with van der Waals surface area (Å²) >= 11 is 0.859. The Balaban J connectivity index is 1.45. The third kappa shape index (κ3) is 5.42. The van der Waals surface area contributed by atoms with Gasteiger partial charge in [-0.15, -0.1) is 0 Å². The summed E-state index contributed by atoms with van der Waals surface area (Å²) in [7, 11) is 0. The molecule has 0 atom stereocenters. The van der Waals surface area contributed by atoms with Crippen LogP contribution >= 0.6 is 11.8 Å². The van der Waals surface area contributed by atoms with Crippen molar-refractivity contribution in [3.8, 4) is 0 Å². The van der Waals surface area contributed by atoms with Gasteiger partial charge in [0, 0.05) is 19.5 Å². The average molecular weight is 390 g/mol. The number of thioether (sulfide) groups is 1. The minimum Gasteiger partial charge on any atom is -0.354 e. The lowest BCUT2D eigenvalue weighted by atomic mass is 10.0. The molecule has 1 N–H and O–H groups in total. The van der Waals surface area contributed by atoms with Gasteiger partial charge < -0.3 is 5.32 Å². The summed E-state index contributed by atoms with van der Waals surface area (Å²) in [5.41, 5.74) is 0.655. The maximum absolute atomic E-state index is 13.0. The van der Waals surface area contributed by atoms with Crippen LogP contribution in [-0.4, -0.2) is 35.0 Å². The topological polar surface area (TPSA) is 66.5 Å². The number of benzene rings is 1. The normalized spacial score (nSPS) is 19.3. The molecule has 0 spiro atoms. The number of nitrogens with zero attached hydrogens (tertiary/aromatic N) is 1. The maximum Gasteiger partial charge on any atom is 0.293 e. The molecular formula is C20H23FN2O3S. The first-order chi connectivity index (χ1) is 13.0. The molecule has 1 aliphatic heterocycles. The lowest BCUT2D eigenvalue weighted by Crippen LogP contribution is -2.37. The predicted molar refractivity (Wildman–Crippen MR) is 103 cm³/mol. The average Bonchev–Trinajstić information content (AvgIpc) is 3.26. The lowest BCUT2D eigenvalue weighted by Gasteiger charge is -2.13. The molecule has 0 unspecified atom stereocenters. The molecule has 0 aromatic heterocycles. The quantitative estimate of drug-likeness (QED) is 0.716. The highest BCUT2D eigenvalue weighted by Gasteiger charge is 2.34. The van der Waals surface area contributed by atoms with Crippen LogP contribution < -0.4 is 5.32 Å². The standard InChI is InChI=1S/C20H23FN2O3S/c21-16-8-5-15(6-9-16)13-17-19(25)23(20(26)27-17)12-11-22-18(24)10-7-14-3-1-2-4-14/h5-6,8-9,13-14H,1-4,7,10-12H2,(H,22,24)/b17-13+. The number of halogens is 1. The van der Waals surface area contributed by atoms with Gasteiger partial charge in [0.05, 0.1) is 4.91 Å². The van der Waals surface area contributed by atoms with Gasteiger partial charge in [0.15, 0.2) is 0 Å². The van der Waals surface area contributed by atoms with Gasteiger partial charge in [-0.3, -0.25) is 19.3 Å². The van der Waals surface area contributed by atoms with Crippen molar-refractivity contribution in [2.24, 2.45) is 5.92 Å². The van der Waals surface area contributed by atoms with Crippen molar-refractivity contribution in [1.29, 1.82) is 0 Å². The smallest absolute Gasteiger partial charge is 0.293 e. The largest absolute Gasteiger partial charge is 0.354 e. The monoisotopic (exact) mass is 390 g/mol. The van der Waals surface area contributed by atoms with Gasteiger partial charge in [0.2, 0.25) is 5.91 Å². The van der Waals surface area contributed by atoms with Crippen LogP contribution in [-0.2, 0) is 9.59 Å². The number of carbonyl (C=O) groups is 3. The molecule has 1 heterocycles. The molecule has 2 fully saturated rings. The van der Waals surface area contributed by atoms with Crippen LogP contribution in [0.3, 0.4) is 0 Å². The molecule has 5 nitrogen and oxygen atoms in total. The third-order valence-corrected chi connectivity index (χ3v) is 5.86. The number of amides is 3. The molecule has 0 radical (unpaired) electrons. The molecule has 0 bridgehead atoms. The zero-order valence-electron chi connectivity index (χ0n) is 15.1. The highest BCUT2D eigenvalue weighted by molar-refractivity contribution is 8.18. The van der Waals surface area contributed by atoms with Crippen LogP contribution in [0, 0.1) is 11.7 Å². The number of nitrogens with one attached hydrogen (secondary N) is 1. The minimum atomic E-state index is -0.380. The van der Waals surface area contributed by atoms with Gasteiger partial charge in [0.25, 0.3) is 11.1 Å². The zero-order valence-corrected chi connectivity index (χ0v) is 15.9. The van der Waals surface area contributed by atoms with E-state index in [2.05, 4.69) is 5.32 Å². The molecule has 27 heavy (non-hydrogen) atoms. The number of hydrogen-bond acceptors (Lipinski definition) is 4. The summed E-state index contributed by atoms with van der Waals surface area (Å²) in [6.45, 7) is 0.409. The second kappa shape index (κ2) is 9.17. The molecule has 2 aliphatic rings. The Morgan fingerprint density at radius 2 is 1.93 bits per heavy atom. The minimum absolute atomic E-state index is 0.0317. The van der Waals surface area contributed by atoms with E-state index in [9.17, 15) is 18.8 Å². The van der Waals surface area contributed by atoms with Crippen molar-refractivity contribution in [3.63, 3.8) is 0 Å². The van der Waals surface area contributed by atoms with Crippen molar-refractivity contribution in [2.75, 3.05) is 13.1 Å². The Morgan fingerprint density at radius 1 is 1.22 bits per heavy atom. The first-order valence-corrected chi connectivity index (χ1v) is 10.1. The van der Waals surface area contributed by atoms with E-state index in [1.165, 1.54) is 37.8 Å². The summed E-state index contributed by atoms with van der Waals surface area (Å²) in [5, 5.41) is 2.44. The highest BCUT2D eigenvalue weighted by Crippen LogP contribution is 2.32. The molecule has 1 saturated carbocycles. The molecule has 3 rings (SSSR count). The molecule has 3 amide bonds. The SMILES string of the molecule is O=C(CCC1CCCC1)NCCN1C(=O)S/C(=C/c2ccc(F)cc2)C1=O. The molecule has 144 valence electrons. The van der Waals surface area contributed by atoms with E-state index in [0.717, 1.165) is 23.1 Å². The van der Waals surface area contributed by atoms with Crippen LogP contribution in [0.25, 0.3) is 6.08 Å². The maximum atomic E-state index is 13.0. The first kappa shape index (κ1) is 19.6. The predicted octanol–water partition coefficient (Wildman–Crippen LogP) is 3.95. The van der Waals surface area contributed by atoms with Crippen molar-refractivity contribution in [3.05, 3.63) is 40.6 Å². The fourth-order valence-corrected chi connectivity index (χ4v) is 4.30. The second-order valence-electron chi connectivity index (χ2n) is 6.92. The molecule has 7 heteroatoms. The van der Waals surface area contributed by atoms with Crippen LogP contribution in [0.1, 0.15) is 44.1 Å². The van der Waals surface area contributed by atoms with E-state index in [-0.39, 0.29) is 36.0 Å². The summed E-state index contributed by atoms with van der Waals surface area (Å²) in [4.78, 5) is 37.8. The fraction of sp³-hybridized carbons (Fsp3) is 0.450. The summed E-state index contributed by atoms with van der Waals surface area (Å²) in [5.74, 6) is -0.109. The van der Waals surface area contributed by atoms with E-state index >= 15 is 0 Å². The summed E-state index contributed by atoms with van der Waals surface area (Å²) < 4.78 is 13.0. The van der Waals surface area contributed by atoms with Gasteiger partial charge in [0.1, 0.15) is 5.82 Å². The van der Waals surface area contributed by atoms with Crippen molar-refractivity contribution in [1.82, 2.24) is 10.2 Å². The zero-order chi connectivity index (χ0) is 19.2. The van der Waals surface area contributed by atoms with Gasteiger partial charge in [-0.25, -0.2) is 4.39 Å². The van der Waals surface area contributed by atoms with Crippen LogP contribution in [0.15, 0.2) is 29.2 Å². The molecule has 1 aromatic rings. The number of carbonyl (C=O) groups excluding carboxylic acids is 3. The van der Waals surface area contributed by atoms with E-state index < -0.39 is 0 Å². The van der Waals surface area contributed by atoms with Gasteiger partial charge in [-0.05, 0) is 47.9 Å². The van der Waals surface area contributed by atoms with Crippen molar-refractivity contribution >= 4 is 34.9 Å². The Bertz CT molecular complexity index is 742. The Kier molecular flexibility index (Phi) is 6.66. The summed E-state index contributed by atoms with van der Waals surface area (Å²) in [6.07, 6.45) is 7.93. The van der Waals surface area contributed by atoms with Crippen LogP contribution in [0.5, 0.6) is 0 Å². The van der Waals surface area contributed by atoms with E-state index in [0.29, 0.717) is 22.8 Å². The van der Waals surface area contributed by atoms with Gasteiger partial charge in [-0.2, -0.15) is 0 Å². The number of imide groups is 1. The van der Waals surface area contributed by atoms with Crippen molar-refractivity contribution in [2.45, 2.75) is 38.5 Å². The number of rotatable bonds is 7. The molecule has 1 aromatic carbocycles. The van der Waals surface area contributed by atoms with Crippen molar-refractivity contribution < 1.29 is 18.8 Å². The lowest BCUT2D eigenvalue weighted by molar-refractivity contribution is -0.124. The second-order valence-corrected chi connectivity index (χ2v) is 7.92. The van der Waals surface area contributed by atoms with Crippen LogP contribution in [0.2, 0.25) is 0 Å². The third-order valence-electron chi connectivity index (χ3n) is 4.95. The highest BCUT2D eigenvalue weighted by atomic mass is 32.2.